The molecule has 0 aromatic heterocycles. The summed E-state index contributed by atoms with van der Waals surface area (Å²) in [5.74, 6) is 0.755. The lowest BCUT2D eigenvalue weighted by Gasteiger charge is -2.42. The monoisotopic (exact) mass is 378 g/mol. The summed E-state index contributed by atoms with van der Waals surface area (Å²) in [4.78, 5) is 25.2. The van der Waals surface area contributed by atoms with Gasteiger partial charge in [0.15, 0.2) is 5.78 Å². The van der Waals surface area contributed by atoms with E-state index in [1.807, 2.05) is 12.1 Å². The van der Waals surface area contributed by atoms with E-state index in [1.165, 1.54) is 6.42 Å². The van der Waals surface area contributed by atoms with E-state index in [0.717, 1.165) is 36.8 Å². The molecule has 2 aromatic rings. The zero-order chi connectivity index (χ0) is 19.3. The average molecular weight is 378 g/mol. The number of Topliss-reactive ketones (excluding diaryl/α,β-unsaturated/α-hetero) is 1. The minimum absolute atomic E-state index is 0.104. The molecule has 0 radical (unpaired) electrons. The number of hydrogen-bond donors (Lipinski definition) is 1. The number of aromatic hydroxyl groups is 1. The molecule has 5 heteroatoms. The van der Waals surface area contributed by atoms with Crippen LogP contribution in [0.1, 0.15) is 72.3 Å². The second kappa shape index (κ2) is 6.36. The maximum Gasteiger partial charge on any atom is 0.312 e. The van der Waals surface area contributed by atoms with Crippen molar-refractivity contribution in [1.82, 2.24) is 0 Å². The molecular formula is C23H22O5. The number of phenolic OH excluding ortho intramolecular Hbond substituents is 1. The summed E-state index contributed by atoms with van der Waals surface area (Å²) in [7, 11) is 0. The van der Waals surface area contributed by atoms with Gasteiger partial charge in [0.2, 0.25) is 0 Å². The number of hydrogen-bond acceptors (Lipinski definition) is 5. The van der Waals surface area contributed by atoms with E-state index in [9.17, 15) is 14.7 Å². The molecule has 3 aliphatic rings. The summed E-state index contributed by atoms with van der Waals surface area (Å²) in [6.45, 7) is 0. The van der Waals surface area contributed by atoms with Crippen molar-refractivity contribution in [1.29, 1.82) is 0 Å². The van der Waals surface area contributed by atoms with Crippen LogP contribution in [0.5, 0.6) is 17.2 Å². The van der Waals surface area contributed by atoms with Crippen LogP contribution >= 0.6 is 0 Å². The van der Waals surface area contributed by atoms with Crippen LogP contribution in [0.3, 0.4) is 0 Å². The Morgan fingerprint density at radius 3 is 2.46 bits per heavy atom. The molecule has 144 valence electrons. The predicted octanol–water partition coefficient (Wildman–Crippen LogP) is 4.50. The molecule has 0 bridgehead atoms. The topological polar surface area (TPSA) is 72.8 Å². The Hall–Kier alpha value is -2.82. The van der Waals surface area contributed by atoms with Gasteiger partial charge in [0.25, 0.3) is 0 Å². The molecule has 1 N–H and O–H groups in total. The predicted molar refractivity (Wildman–Crippen MR) is 102 cm³/mol. The van der Waals surface area contributed by atoms with Crippen molar-refractivity contribution in [3.63, 3.8) is 0 Å². The molecule has 2 aromatic carbocycles. The molecule has 0 saturated heterocycles. The first-order valence-electron chi connectivity index (χ1n) is 9.93. The van der Waals surface area contributed by atoms with Crippen molar-refractivity contribution in [3.05, 3.63) is 53.1 Å². The van der Waals surface area contributed by atoms with Crippen molar-refractivity contribution in [3.8, 4) is 17.2 Å². The molecule has 1 spiro atoms. The van der Waals surface area contributed by atoms with E-state index in [0.29, 0.717) is 23.5 Å². The number of esters is 1. The highest BCUT2D eigenvalue weighted by atomic mass is 16.5. The largest absolute Gasteiger partial charge is 0.508 e. The zero-order valence-corrected chi connectivity index (χ0v) is 15.6. The number of ketones is 1. The second-order valence-electron chi connectivity index (χ2n) is 8.12. The molecule has 1 fully saturated rings. The summed E-state index contributed by atoms with van der Waals surface area (Å²) in [5, 5.41) is 9.63. The Kier molecular flexibility index (Phi) is 3.93. The van der Waals surface area contributed by atoms with E-state index in [4.69, 9.17) is 9.47 Å². The van der Waals surface area contributed by atoms with Crippen molar-refractivity contribution in [2.45, 2.75) is 56.5 Å². The SMILES string of the molecule is O=C1C[C@@H](c2ccc(O)cc2)c2c(ccc3c2OC2(CCCCC2)CC3=O)O1. The first-order chi connectivity index (χ1) is 13.5. The van der Waals surface area contributed by atoms with Crippen LogP contribution in [-0.2, 0) is 4.79 Å². The minimum atomic E-state index is -0.432. The van der Waals surface area contributed by atoms with Gasteiger partial charge in [0, 0.05) is 11.5 Å². The number of benzene rings is 2. The third kappa shape index (κ3) is 2.77. The highest BCUT2D eigenvalue weighted by molar-refractivity contribution is 6.01. The molecular weight excluding hydrogens is 356 g/mol. The fraction of sp³-hybridized carbons (Fsp3) is 0.391. The van der Waals surface area contributed by atoms with Crippen molar-refractivity contribution in [2.24, 2.45) is 0 Å². The lowest BCUT2D eigenvalue weighted by molar-refractivity contribution is -0.135. The summed E-state index contributed by atoms with van der Waals surface area (Å²) in [6.07, 6.45) is 5.66. The third-order valence-corrected chi connectivity index (χ3v) is 6.26. The Morgan fingerprint density at radius 1 is 0.964 bits per heavy atom. The molecule has 28 heavy (non-hydrogen) atoms. The van der Waals surface area contributed by atoms with Gasteiger partial charge >= 0.3 is 5.97 Å². The van der Waals surface area contributed by atoms with Crippen LogP contribution in [0.2, 0.25) is 0 Å². The zero-order valence-electron chi connectivity index (χ0n) is 15.6. The second-order valence-corrected chi connectivity index (χ2v) is 8.12. The number of fused-ring (bicyclic) bond motifs is 3. The lowest BCUT2D eigenvalue weighted by atomic mass is 9.76. The van der Waals surface area contributed by atoms with Gasteiger partial charge in [-0.15, -0.1) is 0 Å². The first-order valence-corrected chi connectivity index (χ1v) is 9.93. The van der Waals surface area contributed by atoms with Crippen molar-refractivity contribution in [2.75, 3.05) is 0 Å². The fourth-order valence-corrected chi connectivity index (χ4v) is 4.87. The maximum absolute atomic E-state index is 13.0. The Labute approximate surface area is 163 Å². The number of phenols is 1. The van der Waals surface area contributed by atoms with Crippen LogP contribution in [0.15, 0.2) is 36.4 Å². The number of ether oxygens (including phenoxy) is 2. The standard InChI is InChI=1S/C23H22O5/c24-15-6-4-14(5-7-15)17-12-20(26)27-19-9-8-16-18(25)13-23(10-2-1-3-11-23)28-22(16)21(17)19/h4-9,17,24H,1-3,10-13H2/t17-/m0/s1. The smallest absolute Gasteiger partial charge is 0.312 e. The molecule has 1 aliphatic carbocycles. The fourth-order valence-electron chi connectivity index (χ4n) is 4.87. The van der Waals surface area contributed by atoms with Crippen molar-refractivity contribution >= 4 is 11.8 Å². The van der Waals surface area contributed by atoms with E-state index >= 15 is 0 Å². The number of rotatable bonds is 1. The van der Waals surface area contributed by atoms with Gasteiger partial charge in [-0.1, -0.05) is 18.6 Å². The van der Waals surface area contributed by atoms with E-state index in [2.05, 4.69) is 0 Å². The summed E-state index contributed by atoms with van der Waals surface area (Å²) < 4.78 is 12.1. The van der Waals surface area contributed by atoms with Crippen LogP contribution in [0.25, 0.3) is 0 Å². The van der Waals surface area contributed by atoms with Gasteiger partial charge in [0.1, 0.15) is 22.8 Å². The molecule has 5 rings (SSSR count). The highest BCUT2D eigenvalue weighted by Crippen LogP contribution is 2.51. The Balaban J connectivity index is 1.66. The van der Waals surface area contributed by atoms with E-state index in [1.54, 1.807) is 24.3 Å². The molecule has 1 atom stereocenters. The molecule has 1 saturated carbocycles. The van der Waals surface area contributed by atoms with Gasteiger partial charge in [-0.2, -0.15) is 0 Å². The Bertz CT molecular complexity index is 954. The quantitative estimate of drug-likeness (QED) is 0.584. The first kappa shape index (κ1) is 17.3. The van der Waals surface area contributed by atoms with E-state index < -0.39 is 5.60 Å². The molecule has 0 amide bonds. The summed E-state index contributed by atoms with van der Waals surface area (Å²) >= 11 is 0. The molecule has 5 nitrogen and oxygen atoms in total. The Morgan fingerprint density at radius 2 is 1.71 bits per heavy atom. The lowest BCUT2D eigenvalue weighted by Crippen LogP contribution is -2.44. The number of carbonyl (C=O) groups excluding carboxylic acids is 2. The van der Waals surface area contributed by atoms with Crippen LogP contribution in [-0.4, -0.2) is 22.5 Å². The average Bonchev–Trinajstić information content (AvgIpc) is 2.68. The highest BCUT2D eigenvalue weighted by Gasteiger charge is 2.44. The van der Waals surface area contributed by atoms with E-state index in [-0.39, 0.29) is 29.8 Å². The van der Waals surface area contributed by atoms with Crippen molar-refractivity contribution < 1.29 is 24.2 Å². The van der Waals surface area contributed by atoms with Gasteiger partial charge in [-0.25, -0.2) is 0 Å². The van der Waals surface area contributed by atoms with Crippen LogP contribution in [0.4, 0.5) is 0 Å². The normalized spacial score (nSPS) is 22.8. The maximum atomic E-state index is 13.0. The van der Waals surface area contributed by atoms with Gasteiger partial charge in [-0.3, -0.25) is 9.59 Å². The summed E-state index contributed by atoms with van der Waals surface area (Å²) in [6, 6.07) is 10.3. The van der Waals surface area contributed by atoms with Crippen LogP contribution < -0.4 is 9.47 Å². The van der Waals surface area contributed by atoms with Gasteiger partial charge < -0.3 is 14.6 Å². The minimum Gasteiger partial charge on any atom is -0.508 e. The molecule has 2 heterocycles. The molecule has 0 unspecified atom stereocenters. The third-order valence-electron chi connectivity index (χ3n) is 6.26. The van der Waals surface area contributed by atoms with Gasteiger partial charge in [0.05, 0.1) is 18.4 Å². The van der Waals surface area contributed by atoms with Gasteiger partial charge in [-0.05, 0) is 55.5 Å². The van der Waals surface area contributed by atoms with Crippen LogP contribution in [0, 0.1) is 0 Å². The summed E-state index contributed by atoms with van der Waals surface area (Å²) in [5.41, 5.74) is 1.82. The number of carbonyl (C=O) groups is 2. The molecule has 2 aliphatic heterocycles.